The highest BCUT2D eigenvalue weighted by atomic mass is 127. The Labute approximate surface area is 182 Å². The molecule has 7 nitrogen and oxygen atoms in total. The summed E-state index contributed by atoms with van der Waals surface area (Å²) in [7, 11) is 1.95. The number of halogens is 1. The van der Waals surface area contributed by atoms with E-state index >= 15 is 0 Å². The summed E-state index contributed by atoms with van der Waals surface area (Å²) < 4.78 is 7.47. The molecule has 0 amide bonds. The fourth-order valence-electron chi connectivity index (χ4n) is 2.82. The summed E-state index contributed by atoms with van der Waals surface area (Å²) in [6.07, 6.45) is 1.67. The SMILES string of the molecule is CCNC(=NCc1c(C)nn(C)c1C)NCc1coc(-c2ccccc2)n1.I. The Morgan fingerprint density at radius 2 is 1.93 bits per heavy atom. The molecule has 2 heterocycles. The molecule has 8 heteroatoms. The van der Waals surface area contributed by atoms with Gasteiger partial charge in [0.05, 0.1) is 24.5 Å². The van der Waals surface area contributed by atoms with Crippen molar-refractivity contribution >= 4 is 29.9 Å². The van der Waals surface area contributed by atoms with Crippen LogP contribution in [0.4, 0.5) is 0 Å². The van der Waals surface area contributed by atoms with Crippen molar-refractivity contribution in [3.63, 3.8) is 0 Å². The number of nitrogens with zero attached hydrogens (tertiary/aromatic N) is 4. The van der Waals surface area contributed by atoms with E-state index in [0.29, 0.717) is 19.0 Å². The number of aromatic nitrogens is 3. The largest absolute Gasteiger partial charge is 0.444 e. The van der Waals surface area contributed by atoms with Gasteiger partial charge in [0.15, 0.2) is 5.96 Å². The van der Waals surface area contributed by atoms with E-state index in [1.807, 2.05) is 55.9 Å². The molecule has 2 N–H and O–H groups in total. The number of nitrogens with one attached hydrogen (secondary N) is 2. The molecule has 0 bridgehead atoms. The molecule has 0 spiro atoms. The lowest BCUT2D eigenvalue weighted by atomic mass is 10.2. The highest BCUT2D eigenvalue weighted by molar-refractivity contribution is 14.0. The lowest BCUT2D eigenvalue weighted by Gasteiger charge is -2.10. The molecule has 0 aliphatic carbocycles. The molecular weight excluding hydrogens is 467 g/mol. The van der Waals surface area contributed by atoms with Crippen LogP contribution in [0.2, 0.25) is 0 Å². The summed E-state index contributed by atoms with van der Waals surface area (Å²) >= 11 is 0. The minimum Gasteiger partial charge on any atom is -0.444 e. The predicted octanol–water partition coefficient (Wildman–Crippen LogP) is 3.57. The second-order valence-electron chi connectivity index (χ2n) is 6.33. The molecule has 1 aromatic carbocycles. The van der Waals surface area contributed by atoms with Crippen LogP contribution in [-0.4, -0.2) is 27.3 Å². The molecule has 3 aromatic rings. The number of rotatable bonds is 6. The van der Waals surface area contributed by atoms with Crippen LogP contribution < -0.4 is 10.6 Å². The first kappa shape index (κ1) is 21.9. The lowest BCUT2D eigenvalue weighted by Crippen LogP contribution is -2.36. The molecule has 150 valence electrons. The van der Waals surface area contributed by atoms with Crippen LogP contribution >= 0.6 is 24.0 Å². The highest BCUT2D eigenvalue weighted by Gasteiger charge is 2.10. The van der Waals surface area contributed by atoms with Gasteiger partial charge in [-0.25, -0.2) is 9.98 Å². The summed E-state index contributed by atoms with van der Waals surface area (Å²) in [6, 6.07) is 9.87. The van der Waals surface area contributed by atoms with Crippen LogP contribution in [0.5, 0.6) is 0 Å². The first-order chi connectivity index (χ1) is 13.1. The second-order valence-corrected chi connectivity index (χ2v) is 6.33. The maximum Gasteiger partial charge on any atom is 0.226 e. The lowest BCUT2D eigenvalue weighted by molar-refractivity contribution is 0.572. The molecule has 0 aliphatic heterocycles. The second kappa shape index (κ2) is 10.3. The Hall–Kier alpha value is -2.36. The molecule has 0 saturated carbocycles. The van der Waals surface area contributed by atoms with Crippen LogP contribution in [0, 0.1) is 13.8 Å². The number of hydrogen-bond donors (Lipinski definition) is 2. The van der Waals surface area contributed by atoms with Crippen molar-refractivity contribution in [1.29, 1.82) is 0 Å². The fourth-order valence-corrected chi connectivity index (χ4v) is 2.82. The molecule has 2 aromatic heterocycles. The maximum atomic E-state index is 5.58. The van der Waals surface area contributed by atoms with Crippen LogP contribution in [0.15, 0.2) is 46.0 Å². The first-order valence-electron chi connectivity index (χ1n) is 9.09. The number of aliphatic imine (C=N–C) groups is 1. The minimum absolute atomic E-state index is 0. The summed E-state index contributed by atoms with van der Waals surface area (Å²) in [6.45, 7) is 8.01. The van der Waals surface area contributed by atoms with Crippen molar-refractivity contribution < 1.29 is 4.42 Å². The van der Waals surface area contributed by atoms with E-state index in [9.17, 15) is 0 Å². The van der Waals surface area contributed by atoms with Gasteiger partial charge in [-0.05, 0) is 32.9 Å². The van der Waals surface area contributed by atoms with Crippen molar-refractivity contribution in [2.24, 2.45) is 12.0 Å². The van der Waals surface area contributed by atoms with E-state index in [-0.39, 0.29) is 24.0 Å². The van der Waals surface area contributed by atoms with Gasteiger partial charge in [-0.3, -0.25) is 4.68 Å². The topological polar surface area (TPSA) is 80.3 Å². The third kappa shape index (κ3) is 5.34. The van der Waals surface area contributed by atoms with Crippen LogP contribution in [0.1, 0.15) is 29.6 Å². The third-order valence-electron chi connectivity index (χ3n) is 4.41. The number of guanidine groups is 1. The van der Waals surface area contributed by atoms with Crippen molar-refractivity contribution in [3.8, 4) is 11.5 Å². The van der Waals surface area contributed by atoms with Gasteiger partial charge in [0.25, 0.3) is 0 Å². The van der Waals surface area contributed by atoms with E-state index in [0.717, 1.165) is 40.7 Å². The summed E-state index contributed by atoms with van der Waals surface area (Å²) in [5.74, 6) is 1.36. The summed E-state index contributed by atoms with van der Waals surface area (Å²) in [5, 5.41) is 11.0. The Kier molecular flexibility index (Phi) is 8.04. The van der Waals surface area contributed by atoms with Crippen molar-refractivity contribution in [2.75, 3.05) is 6.54 Å². The predicted molar refractivity (Wildman–Crippen MR) is 122 cm³/mol. The first-order valence-corrected chi connectivity index (χ1v) is 9.09. The van der Waals surface area contributed by atoms with Gasteiger partial charge in [0.1, 0.15) is 6.26 Å². The quantitative estimate of drug-likeness (QED) is 0.311. The maximum absolute atomic E-state index is 5.58. The Bertz CT molecular complexity index is 916. The van der Waals surface area contributed by atoms with Crippen LogP contribution in [0.3, 0.4) is 0 Å². The van der Waals surface area contributed by atoms with E-state index in [1.165, 1.54) is 0 Å². The van der Waals surface area contributed by atoms with Crippen LogP contribution in [-0.2, 0) is 20.1 Å². The number of aryl methyl sites for hydroxylation is 2. The average molecular weight is 494 g/mol. The standard InChI is InChI=1S/C20H26N6O.HI/c1-5-21-20(23-12-18-14(2)25-26(4)15(18)3)22-11-17-13-27-19(24-17)16-9-7-6-8-10-16;/h6-10,13H,5,11-12H2,1-4H3,(H2,21,22,23);1H. The molecule has 0 unspecified atom stereocenters. The molecule has 0 radical (unpaired) electrons. The minimum atomic E-state index is 0. The van der Waals surface area contributed by atoms with E-state index in [2.05, 4.69) is 32.6 Å². The van der Waals surface area contributed by atoms with Crippen molar-refractivity contribution in [1.82, 2.24) is 25.4 Å². The molecule has 28 heavy (non-hydrogen) atoms. The molecule has 0 atom stereocenters. The van der Waals surface area contributed by atoms with Crippen molar-refractivity contribution in [2.45, 2.75) is 33.9 Å². The van der Waals surface area contributed by atoms with Crippen LogP contribution in [0.25, 0.3) is 11.5 Å². The Balaban J connectivity index is 0.00000280. The Morgan fingerprint density at radius 1 is 1.18 bits per heavy atom. The fraction of sp³-hybridized carbons (Fsp3) is 0.350. The smallest absolute Gasteiger partial charge is 0.226 e. The van der Waals surface area contributed by atoms with Gasteiger partial charge < -0.3 is 15.1 Å². The highest BCUT2D eigenvalue weighted by Crippen LogP contribution is 2.17. The van der Waals surface area contributed by atoms with Gasteiger partial charge in [0.2, 0.25) is 5.89 Å². The van der Waals surface area contributed by atoms with E-state index < -0.39 is 0 Å². The number of benzene rings is 1. The van der Waals surface area contributed by atoms with Crippen molar-refractivity contribution in [3.05, 3.63) is 59.2 Å². The molecule has 0 aliphatic rings. The van der Waals surface area contributed by atoms with E-state index in [1.54, 1.807) is 6.26 Å². The summed E-state index contributed by atoms with van der Waals surface area (Å²) in [5.41, 5.74) is 5.09. The van der Waals surface area contributed by atoms with Gasteiger partial charge >= 0.3 is 0 Å². The van der Waals surface area contributed by atoms with E-state index in [4.69, 9.17) is 4.42 Å². The average Bonchev–Trinajstić information content (AvgIpc) is 3.24. The molecular formula is C20H27IN6O. The van der Waals surface area contributed by atoms with Gasteiger partial charge in [-0.2, -0.15) is 5.10 Å². The Morgan fingerprint density at radius 3 is 2.57 bits per heavy atom. The molecule has 3 rings (SSSR count). The number of oxazole rings is 1. The zero-order chi connectivity index (χ0) is 19.2. The van der Waals surface area contributed by atoms with Gasteiger partial charge in [0, 0.05) is 30.4 Å². The van der Waals surface area contributed by atoms with Gasteiger partial charge in [-0.1, -0.05) is 18.2 Å². The normalized spacial score (nSPS) is 11.2. The zero-order valence-corrected chi connectivity index (χ0v) is 19.0. The number of hydrogen-bond acceptors (Lipinski definition) is 4. The van der Waals surface area contributed by atoms with Gasteiger partial charge in [-0.15, -0.1) is 24.0 Å². The third-order valence-corrected chi connectivity index (χ3v) is 4.41. The molecule has 0 saturated heterocycles. The summed E-state index contributed by atoms with van der Waals surface area (Å²) in [4.78, 5) is 9.22. The molecule has 0 fully saturated rings. The zero-order valence-electron chi connectivity index (χ0n) is 16.7. The monoisotopic (exact) mass is 494 g/mol.